The van der Waals surface area contributed by atoms with E-state index in [1.807, 2.05) is 52.8 Å². The van der Waals surface area contributed by atoms with Crippen LogP contribution in [0.3, 0.4) is 0 Å². The van der Waals surface area contributed by atoms with Crippen LogP contribution in [0.2, 0.25) is 0 Å². The van der Waals surface area contributed by atoms with Crippen molar-refractivity contribution < 1.29 is 23.1 Å². The van der Waals surface area contributed by atoms with Crippen LogP contribution in [0.4, 0.5) is 0 Å². The zero-order chi connectivity index (χ0) is 17.8. The van der Waals surface area contributed by atoms with E-state index in [9.17, 15) is 4.57 Å². The Morgan fingerprint density at radius 2 is 2.00 bits per heavy atom. The van der Waals surface area contributed by atoms with Crippen LogP contribution >= 0.6 is 18.2 Å². The quantitative estimate of drug-likeness (QED) is 0.555. The van der Waals surface area contributed by atoms with Crippen LogP contribution in [0.15, 0.2) is 24.3 Å². The van der Waals surface area contributed by atoms with E-state index in [2.05, 4.69) is 0 Å². The second kappa shape index (κ2) is 8.24. The molecule has 3 unspecified atom stereocenters. The zero-order valence-electron chi connectivity index (χ0n) is 15.0. The third kappa shape index (κ3) is 4.77. The average molecular weight is 374 g/mol. The monoisotopic (exact) mass is 374 g/mol. The van der Waals surface area contributed by atoms with Gasteiger partial charge in [0.15, 0.2) is 6.29 Å². The van der Waals surface area contributed by atoms with E-state index in [0.717, 1.165) is 12.0 Å². The molecular formula is C17H27O5PS. The first-order chi connectivity index (χ1) is 11.3. The molecule has 24 heavy (non-hydrogen) atoms. The molecule has 0 radical (unpaired) electrons. The second-order valence-electron chi connectivity index (χ2n) is 6.16. The topological polar surface area (TPSA) is 54.0 Å². The molecule has 1 saturated heterocycles. The Morgan fingerprint density at radius 1 is 1.29 bits per heavy atom. The summed E-state index contributed by atoms with van der Waals surface area (Å²) in [6, 6.07) is 7.37. The maximum atomic E-state index is 12.9. The lowest BCUT2D eigenvalue weighted by atomic mass is 10.0. The van der Waals surface area contributed by atoms with Crippen molar-refractivity contribution in [2.75, 3.05) is 12.4 Å². The minimum atomic E-state index is -3.27. The zero-order valence-corrected chi connectivity index (χ0v) is 16.7. The number of para-hydroxylation sites is 1. The van der Waals surface area contributed by atoms with E-state index in [0.29, 0.717) is 18.1 Å². The van der Waals surface area contributed by atoms with Gasteiger partial charge in [-0.05, 0) is 51.6 Å². The lowest BCUT2D eigenvalue weighted by molar-refractivity contribution is -0.0838. The molecule has 0 saturated carbocycles. The van der Waals surface area contributed by atoms with Crippen LogP contribution in [0, 0.1) is 0 Å². The molecule has 1 aromatic carbocycles. The largest absolute Gasteiger partial charge is 0.440 e. The Morgan fingerprint density at radius 3 is 2.58 bits per heavy atom. The number of ether oxygens (including phenoxy) is 2. The summed E-state index contributed by atoms with van der Waals surface area (Å²) in [5.74, 6) is 1.19. The Bertz CT molecular complexity index is 592. The SMILES string of the molecule is CCCSP(=O)(OCC)Oc1ccccc1C1OC(C)C(C)(C)O1. The molecule has 3 atom stereocenters. The molecule has 0 aromatic heterocycles. The molecule has 1 aromatic rings. The first-order valence-corrected chi connectivity index (χ1v) is 11.5. The maximum absolute atomic E-state index is 12.9. The molecule has 5 nitrogen and oxygen atoms in total. The fourth-order valence-electron chi connectivity index (χ4n) is 2.22. The van der Waals surface area contributed by atoms with Gasteiger partial charge in [-0.3, -0.25) is 4.52 Å². The van der Waals surface area contributed by atoms with Gasteiger partial charge in [0.2, 0.25) is 0 Å². The number of benzene rings is 1. The van der Waals surface area contributed by atoms with Crippen molar-refractivity contribution in [1.82, 2.24) is 0 Å². The second-order valence-corrected chi connectivity index (χ2v) is 10.3. The molecule has 0 aliphatic carbocycles. The maximum Gasteiger partial charge on any atom is 0.440 e. The first kappa shape index (κ1) is 19.8. The molecule has 7 heteroatoms. The molecule has 0 N–H and O–H groups in total. The highest BCUT2D eigenvalue weighted by molar-refractivity contribution is 8.55. The van der Waals surface area contributed by atoms with Gasteiger partial charge in [-0.15, -0.1) is 0 Å². The molecule has 2 rings (SSSR count). The van der Waals surface area contributed by atoms with Crippen LogP contribution in [-0.4, -0.2) is 24.1 Å². The Balaban J connectivity index is 2.24. The van der Waals surface area contributed by atoms with Gasteiger partial charge in [0.1, 0.15) is 5.75 Å². The van der Waals surface area contributed by atoms with E-state index < -0.39 is 18.7 Å². The van der Waals surface area contributed by atoms with Gasteiger partial charge in [0.05, 0.1) is 23.9 Å². The normalized spacial score (nSPS) is 25.4. The highest BCUT2D eigenvalue weighted by atomic mass is 32.7. The van der Waals surface area contributed by atoms with Gasteiger partial charge >= 0.3 is 6.80 Å². The van der Waals surface area contributed by atoms with Crippen LogP contribution in [0.25, 0.3) is 0 Å². The van der Waals surface area contributed by atoms with Gasteiger partial charge in [-0.25, -0.2) is 4.57 Å². The smallest absolute Gasteiger partial charge is 0.416 e. The van der Waals surface area contributed by atoms with Gasteiger partial charge in [-0.2, -0.15) is 0 Å². The van der Waals surface area contributed by atoms with E-state index in [1.54, 1.807) is 6.07 Å². The van der Waals surface area contributed by atoms with Crippen molar-refractivity contribution in [3.63, 3.8) is 0 Å². The number of hydrogen-bond donors (Lipinski definition) is 0. The van der Waals surface area contributed by atoms with Crippen LogP contribution < -0.4 is 4.52 Å². The van der Waals surface area contributed by atoms with Crippen LogP contribution in [-0.2, 0) is 18.6 Å². The Hall–Kier alpha value is -0.520. The minimum absolute atomic E-state index is 0.0521. The summed E-state index contributed by atoms with van der Waals surface area (Å²) >= 11 is 1.22. The summed E-state index contributed by atoms with van der Waals surface area (Å²) < 4.78 is 36.1. The van der Waals surface area contributed by atoms with Crippen molar-refractivity contribution in [1.29, 1.82) is 0 Å². The molecule has 1 heterocycles. The number of rotatable bonds is 8. The highest BCUT2D eigenvalue weighted by Gasteiger charge is 2.42. The average Bonchev–Trinajstić information content (AvgIpc) is 2.79. The standard InChI is InChI=1S/C17H27O5PS/c1-6-12-24-23(18,19-7-2)22-15-11-9-8-10-14(15)16-20-13(3)17(4,5)21-16/h8-11,13,16H,6-7,12H2,1-5H3. The Kier molecular flexibility index (Phi) is 6.80. The summed E-state index contributed by atoms with van der Waals surface area (Å²) in [6.07, 6.45) is 0.300. The molecule has 136 valence electrons. The molecule has 1 fully saturated rings. The summed E-state index contributed by atoms with van der Waals surface area (Å²) in [6.45, 7) is 6.86. The van der Waals surface area contributed by atoms with Crippen LogP contribution in [0.5, 0.6) is 5.75 Å². The predicted molar refractivity (Wildman–Crippen MR) is 97.5 cm³/mol. The summed E-state index contributed by atoms with van der Waals surface area (Å²) in [7, 11) is 0. The molecule has 1 aliphatic rings. The van der Waals surface area contributed by atoms with E-state index >= 15 is 0 Å². The van der Waals surface area contributed by atoms with Gasteiger partial charge < -0.3 is 14.0 Å². The Labute approximate surface area is 148 Å². The van der Waals surface area contributed by atoms with Gasteiger partial charge in [-0.1, -0.05) is 25.1 Å². The van der Waals surface area contributed by atoms with Crippen molar-refractivity contribution in [3.05, 3.63) is 29.8 Å². The molecular weight excluding hydrogens is 347 g/mol. The molecule has 0 spiro atoms. The highest BCUT2D eigenvalue weighted by Crippen LogP contribution is 2.61. The van der Waals surface area contributed by atoms with Crippen molar-refractivity contribution >= 4 is 18.2 Å². The van der Waals surface area contributed by atoms with Crippen molar-refractivity contribution in [2.45, 2.75) is 59.0 Å². The molecule has 0 amide bonds. The van der Waals surface area contributed by atoms with Gasteiger partial charge in [0, 0.05) is 5.75 Å². The van der Waals surface area contributed by atoms with E-state index in [-0.39, 0.29) is 6.10 Å². The van der Waals surface area contributed by atoms with Crippen molar-refractivity contribution in [3.8, 4) is 5.75 Å². The van der Waals surface area contributed by atoms with Gasteiger partial charge in [0.25, 0.3) is 0 Å². The lowest BCUT2D eigenvalue weighted by Crippen LogP contribution is -2.29. The summed E-state index contributed by atoms with van der Waals surface area (Å²) in [5.41, 5.74) is 0.338. The fourth-order valence-corrected chi connectivity index (χ4v) is 5.68. The third-order valence-electron chi connectivity index (χ3n) is 3.84. The van der Waals surface area contributed by atoms with Crippen LogP contribution in [0.1, 0.15) is 52.9 Å². The van der Waals surface area contributed by atoms with Crippen molar-refractivity contribution in [2.24, 2.45) is 0 Å². The predicted octanol–water partition coefficient (Wildman–Crippen LogP) is 5.57. The molecule has 0 bridgehead atoms. The lowest BCUT2D eigenvalue weighted by Gasteiger charge is -2.22. The minimum Gasteiger partial charge on any atom is -0.416 e. The van der Waals surface area contributed by atoms with E-state index in [1.165, 1.54) is 11.4 Å². The third-order valence-corrected chi connectivity index (χ3v) is 7.78. The summed E-state index contributed by atoms with van der Waals surface area (Å²) in [4.78, 5) is 0. The molecule has 1 aliphatic heterocycles. The summed E-state index contributed by atoms with van der Waals surface area (Å²) in [5, 5.41) is 0. The fraction of sp³-hybridized carbons (Fsp3) is 0.647. The first-order valence-electron chi connectivity index (χ1n) is 8.32. The van der Waals surface area contributed by atoms with E-state index in [4.69, 9.17) is 18.5 Å². The number of hydrogen-bond acceptors (Lipinski definition) is 6.